The summed E-state index contributed by atoms with van der Waals surface area (Å²) in [6, 6.07) is 0. The number of likely N-dealkylation sites (tertiary alicyclic amines) is 1. The van der Waals surface area contributed by atoms with E-state index in [0.29, 0.717) is 6.42 Å². The second-order valence-electron chi connectivity index (χ2n) is 4.31. The number of carboxylic acid groups (broad SMARTS) is 1. The van der Waals surface area contributed by atoms with Crippen LogP contribution in [-0.4, -0.2) is 55.5 Å². The Morgan fingerprint density at radius 1 is 1.44 bits per heavy atom. The molecule has 94 valence electrons. The lowest BCUT2D eigenvalue weighted by Crippen LogP contribution is -2.47. The molecule has 0 aromatic heterocycles. The predicted octanol–water partition coefficient (Wildman–Crippen LogP) is 0.218. The Kier molecular flexibility index (Phi) is 4.73. The third-order valence-corrected chi connectivity index (χ3v) is 4.66. The fourth-order valence-corrected chi connectivity index (χ4v) is 2.75. The van der Waals surface area contributed by atoms with Crippen molar-refractivity contribution in [2.45, 2.75) is 19.8 Å². The summed E-state index contributed by atoms with van der Waals surface area (Å²) in [6.45, 7) is 3.99. The molecule has 1 aliphatic heterocycles. The molecular formula is C10H19NO4S. The van der Waals surface area contributed by atoms with Crippen molar-refractivity contribution in [1.29, 1.82) is 0 Å². The van der Waals surface area contributed by atoms with E-state index < -0.39 is 15.8 Å². The van der Waals surface area contributed by atoms with Gasteiger partial charge in [-0.05, 0) is 18.9 Å². The summed E-state index contributed by atoms with van der Waals surface area (Å²) in [4.78, 5) is 12.5. The van der Waals surface area contributed by atoms with Crippen molar-refractivity contribution < 1.29 is 18.3 Å². The monoisotopic (exact) mass is 249 g/mol. The Hall–Kier alpha value is -0.620. The summed E-state index contributed by atoms with van der Waals surface area (Å²) in [5.74, 6) is -0.0587. The van der Waals surface area contributed by atoms with Gasteiger partial charge in [0.15, 0.2) is 0 Å². The van der Waals surface area contributed by atoms with E-state index in [1.165, 1.54) is 0 Å². The quantitative estimate of drug-likeness (QED) is 0.698. The van der Waals surface area contributed by atoms with Crippen molar-refractivity contribution >= 4 is 15.8 Å². The lowest BCUT2D eigenvalue weighted by atomic mass is 9.96. The van der Waals surface area contributed by atoms with Crippen LogP contribution in [0.4, 0.5) is 0 Å². The third-order valence-electron chi connectivity index (χ3n) is 2.87. The van der Waals surface area contributed by atoms with Gasteiger partial charge in [-0.2, -0.15) is 0 Å². The van der Waals surface area contributed by atoms with E-state index in [9.17, 15) is 13.2 Å². The fourth-order valence-electron chi connectivity index (χ4n) is 1.89. The molecule has 0 spiro atoms. The Morgan fingerprint density at radius 3 is 2.56 bits per heavy atom. The molecule has 0 bridgehead atoms. The summed E-state index contributed by atoms with van der Waals surface area (Å²) < 4.78 is 22.4. The van der Waals surface area contributed by atoms with Crippen molar-refractivity contribution in [3.8, 4) is 0 Å². The minimum Gasteiger partial charge on any atom is -0.481 e. The van der Waals surface area contributed by atoms with E-state index >= 15 is 0 Å². The first-order valence-electron chi connectivity index (χ1n) is 5.57. The molecule has 1 N–H and O–H groups in total. The number of hydrogen-bond donors (Lipinski definition) is 1. The van der Waals surface area contributed by atoms with Gasteiger partial charge in [0.2, 0.25) is 0 Å². The van der Waals surface area contributed by atoms with Crippen LogP contribution in [0.15, 0.2) is 0 Å². The van der Waals surface area contributed by atoms with Gasteiger partial charge in [-0.25, -0.2) is 8.42 Å². The zero-order chi connectivity index (χ0) is 12.2. The van der Waals surface area contributed by atoms with Crippen molar-refractivity contribution in [3.63, 3.8) is 0 Å². The number of rotatable bonds is 7. The van der Waals surface area contributed by atoms with E-state index in [0.717, 1.165) is 19.6 Å². The Labute approximate surface area is 96.4 Å². The standard InChI is InChI=1S/C10H19NO4S/c1-2-16(14,15)5-3-4-11-7-9(8-11)6-10(12)13/h9H,2-8H2,1H3,(H,12,13). The molecular weight excluding hydrogens is 230 g/mol. The second-order valence-corrected chi connectivity index (χ2v) is 6.79. The normalized spacial score (nSPS) is 18.3. The summed E-state index contributed by atoms with van der Waals surface area (Å²) in [5.41, 5.74) is 0. The van der Waals surface area contributed by atoms with E-state index in [-0.39, 0.29) is 23.8 Å². The Balaban J connectivity index is 2.08. The summed E-state index contributed by atoms with van der Waals surface area (Å²) in [5, 5.41) is 8.55. The summed E-state index contributed by atoms with van der Waals surface area (Å²) in [6.07, 6.45) is 0.875. The van der Waals surface area contributed by atoms with E-state index in [1.54, 1.807) is 6.92 Å². The number of hydrogen-bond acceptors (Lipinski definition) is 4. The smallest absolute Gasteiger partial charge is 0.303 e. The van der Waals surface area contributed by atoms with Crippen LogP contribution >= 0.6 is 0 Å². The van der Waals surface area contributed by atoms with Crippen molar-refractivity contribution in [2.24, 2.45) is 5.92 Å². The van der Waals surface area contributed by atoms with Crippen molar-refractivity contribution in [1.82, 2.24) is 4.90 Å². The van der Waals surface area contributed by atoms with E-state index in [2.05, 4.69) is 4.90 Å². The number of nitrogens with zero attached hydrogens (tertiary/aromatic N) is 1. The molecule has 1 heterocycles. The first-order valence-corrected chi connectivity index (χ1v) is 7.39. The zero-order valence-corrected chi connectivity index (χ0v) is 10.4. The van der Waals surface area contributed by atoms with Crippen LogP contribution in [0.5, 0.6) is 0 Å². The molecule has 0 atom stereocenters. The predicted molar refractivity (Wildman–Crippen MR) is 61.1 cm³/mol. The highest BCUT2D eigenvalue weighted by atomic mass is 32.2. The fraction of sp³-hybridized carbons (Fsp3) is 0.900. The number of carboxylic acids is 1. The average Bonchev–Trinajstić information content (AvgIpc) is 2.13. The molecule has 1 saturated heterocycles. The summed E-state index contributed by atoms with van der Waals surface area (Å²) >= 11 is 0. The first kappa shape index (κ1) is 13.4. The van der Waals surface area contributed by atoms with Gasteiger partial charge in [0.25, 0.3) is 0 Å². The average molecular weight is 249 g/mol. The molecule has 1 fully saturated rings. The minimum atomic E-state index is -2.85. The maximum Gasteiger partial charge on any atom is 0.303 e. The van der Waals surface area contributed by atoms with Crippen molar-refractivity contribution in [3.05, 3.63) is 0 Å². The van der Waals surface area contributed by atoms with Crippen LogP contribution < -0.4 is 0 Å². The van der Waals surface area contributed by atoms with Crippen LogP contribution in [-0.2, 0) is 14.6 Å². The van der Waals surface area contributed by atoms with Gasteiger partial charge < -0.3 is 10.0 Å². The Morgan fingerprint density at radius 2 is 2.06 bits per heavy atom. The van der Waals surface area contributed by atoms with Crippen molar-refractivity contribution in [2.75, 3.05) is 31.1 Å². The van der Waals surface area contributed by atoms with E-state index in [4.69, 9.17) is 5.11 Å². The number of sulfone groups is 1. The van der Waals surface area contributed by atoms with Crippen LogP contribution in [0.2, 0.25) is 0 Å². The van der Waals surface area contributed by atoms with Gasteiger partial charge >= 0.3 is 5.97 Å². The molecule has 6 heteroatoms. The highest BCUT2D eigenvalue weighted by Gasteiger charge is 2.27. The van der Waals surface area contributed by atoms with E-state index in [1.807, 2.05) is 0 Å². The molecule has 0 aliphatic carbocycles. The molecule has 0 radical (unpaired) electrons. The third kappa shape index (κ3) is 4.49. The van der Waals surface area contributed by atoms with Gasteiger partial charge in [-0.3, -0.25) is 4.79 Å². The SMILES string of the molecule is CCS(=O)(=O)CCCN1CC(CC(=O)O)C1. The molecule has 0 amide bonds. The van der Waals surface area contributed by atoms with Crippen LogP contribution in [0.1, 0.15) is 19.8 Å². The molecule has 0 unspecified atom stereocenters. The lowest BCUT2D eigenvalue weighted by molar-refractivity contribution is -0.139. The van der Waals surface area contributed by atoms with Crippen LogP contribution in [0.3, 0.4) is 0 Å². The highest BCUT2D eigenvalue weighted by molar-refractivity contribution is 7.91. The molecule has 1 rings (SSSR count). The van der Waals surface area contributed by atoms with Crippen LogP contribution in [0, 0.1) is 5.92 Å². The topological polar surface area (TPSA) is 74.7 Å². The molecule has 0 aromatic carbocycles. The molecule has 5 nitrogen and oxygen atoms in total. The largest absolute Gasteiger partial charge is 0.481 e. The molecule has 0 aromatic rings. The first-order chi connectivity index (χ1) is 7.43. The summed E-state index contributed by atoms with van der Waals surface area (Å²) in [7, 11) is -2.85. The van der Waals surface area contributed by atoms with Gasteiger partial charge in [0, 0.05) is 18.8 Å². The molecule has 16 heavy (non-hydrogen) atoms. The Bertz CT molecular complexity index is 333. The minimum absolute atomic E-state index is 0.203. The number of aliphatic carboxylic acids is 1. The van der Waals surface area contributed by atoms with Crippen LogP contribution in [0.25, 0.3) is 0 Å². The van der Waals surface area contributed by atoms with Gasteiger partial charge in [0.1, 0.15) is 9.84 Å². The molecule has 1 aliphatic rings. The maximum absolute atomic E-state index is 11.2. The van der Waals surface area contributed by atoms with Gasteiger partial charge in [-0.1, -0.05) is 6.92 Å². The number of carbonyl (C=O) groups is 1. The second kappa shape index (κ2) is 5.63. The maximum atomic E-state index is 11.2. The highest BCUT2D eigenvalue weighted by Crippen LogP contribution is 2.18. The lowest BCUT2D eigenvalue weighted by Gasteiger charge is -2.38. The van der Waals surface area contributed by atoms with Gasteiger partial charge in [-0.15, -0.1) is 0 Å². The molecule has 0 saturated carbocycles. The zero-order valence-electron chi connectivity index (χ0n) is 9.55. The van der Waals surface area contributed by atoms with Gasteiger partial charge in [0.05, 0.1) is 12.2 Å².